The number of fused-ring (bicyclic) bond motifs is 1. The van der Waals surface area contributed by atoms with E-state index in [1.165, 1.54) is 0 Å². The summed E-state index contributed by atoms with van der Waals surface area (Å²) in [5, 5.41) is 4.58. The maximum absolute atomic E-state index is 12.3. The van der Waals surface area contributed by atoms with E-state index in [9.17, 15) is 4.79 Å². The molecule has 0 radical (unpaired) electrons. The summed E-state index contributed by atoms with van der Waals surface area (Å²) in [6, 6.07) is 7.88. The molecule has 0 spiro atoms. The van der Waals surface area contributed by atoms with Crippen LogP contribution in [0.3, 0.4) is 0 Å². The van der Waals surface area contributed by atoms with Crippen molar-refractivity contribution < 1.29 is 14.3 Å². The standard InChI is InChI=1S/C16H18N2O3/c1-3-20-16(19)13-14(12-8-5-4-7-11(12)2)17-18-9-6-10-21-15(13)18/h4-5,7-8H,3,6,9-10H2,1-2H3. The first-order valence-electron chi connectivity index (χ1n) is 7.19. The molecule has 0 bridgehead atoms. The van der Waals surface area contributed by atoms with Crippen LogP contribution in [0, 0.1) is 6.92 Å². The average Bonchev–Trinajstić information content (AvgIpc) is 2.87. The molecule has 0 fully saturated rings. The molecule has 0 aliphatic carbocycles. The summed E-state index contributed by atoms with van der Waals surface area (Å²) in [4.78, 5) is 12.3. The number of nitrogens with zero attached hydrogens (tertiary/aromatic N) is 2. The fourth-order valence-corrected chi connectivity index (χ4v) is 2.54. The van der Waals surface area contributed by atoms with Gasteiger partial charge in [0.1, 0.15) is 11.3 Å². The van der Waals surface area contributed by atoms with Crippen LogP contribution < -0.4 is 4.74 Å². The Morgan fingerprint density at radius 3 is 3.00 bits per heavy atom. The third-order valence-electron chi connectivity index (χ3n) is 3.54. The second kappa shape index (κ2) is 5.60. The molecular formula is C16H18N2O3. The SMILES string of the molecule is CCOC(=O)c1c(-c2ccccc2C)nn2c1OCCC2. The summed E-state index contributed by atoms with van der Waals surface area (Å²) >= 11 is 0. The minimum absolute atomic E-state index is 0.330. The Balaban J connectivity index is 2.18. The van der Waals surface area contributed by atoms with Gasteiger partial charge in [-0.3, -0.25) is 0 Å². The maximum atomic E-state index is 12.3. The first kappa shape index (κ1) is 13.7. The first-order chi connectivity index (χ1) is 10.2. The van der Waals surface area contributed by atoms with Gasteiger partial charge in [-0.15, -0.1) is 0 Å². The van der Waals surface area contributed by atoms with Gasteiger partial charge >= 0.3 is 5.97 Å². The van der Waals surface area contributed by atoms with Crippen molar-refractivity contribution in [3.63, 3.8) is 0 Å². The molecule has 1 aliphatic rings. The lowest BCUT2D eigenvalue weighted by molar-refractivity contribution is 0.0520. The largest absolute Gasteiger partial charge is 0.477 e. The second-order valence-corrected chi connectivity index (χ2v) is 4.99. The summed E-state index contributed by atoms with van der Waals surface area (Å²) < 4.78 is 12.6. The zero-order valence-electron chi connectivity index (χ0n) is 12.3. The molecule has 0 atom stereocenters. The molecule has 0 saturated carbocycles. The Bertz CT molecular complexity index is 676. The topological polar surface area (TPSA) is 53.3 Å². The van der Waals surface area contributed by atoms with E-state index in [1.807, 2.05) is 31.2 Å². The lowest BCUT2D eigenvalue weighted by Crippen LogP contribution is -2.16. The summed E-state index contributed by atoms with van der Waals surface area (Å²) in [7, 11) is 0. The lowest BCUT2D eigenvalue weighted by atomic mass is 10.0. The van der Waals surface area contributed by atoms with E-state index in [4.69, 9.17) is 9.47 Å². The minimum Gasteiger partial charge on any atom is -0.477 e. The van der Waals surface area contributed by atoms with E-state index < -0.39 is 0 Å². The lowest BCUT2D eigenvalue weighted by Gasteiger charge is -2.15. The number of benzene rings is 1. The molecule has 5 nitrogen and oxygen atoms in total. The van der Waals surface area contributed by atoms with Crippen molar-refractivity contribution in [1.82, 2.24) is 9.78 Å². The van der Waals surface area contributed by atoms with Crippen LogP contribution in [0.25, 0.3) is 11.3 Å². The van der Waals surface area contributed by atoms with Crippen LogP contribution in [-0.4, -0.2) is 29.0 Å². The molecule has 0 N–H and O–H groups in total. The minimum atomic E-state index is -0.376. The zero-order valence-corrected chi connectivity index (χ0v) is 12.3. The molecule has 1 aromatic heterocycles. The smallest absolute Gasteiger partial charge is 0.345 e. The van der Waals surface area contributed by atoms with Gasteiger partial charge in [0.05, 0.1) is 13.2 Å². The van der Waals surface area contributed by atoms with Crippen molar-refractivity contribution in [3.8, 4) is 17.1 Å². The second-order valence-electron chi connectivity index (χ2n) is 4.99. The summed E-state index contributed by atoms with van der Waals surface area (Å²) in [5.41, 5.74) is 3.08. The van der Waals surface area contributed by atoms with Crippen LogP contribution in [0.2, 0.25) is 0 Å². The highest BCUT2D eigenvalue weighted by Crippen LogP contribution is 2.34. The van der Waals surface area contributed by atoms with Gasteiger partial charge in [0, 0.05) is 18.5 Å². The number of carbonyl (C=O) groups excluding carboxylic acids is 1. The van der Waals surface area contributed by atoms with Crippen LogP contribution in [0.4, 0.5) is 0 Å². The Kier molecular flexibility index (Phi) is 3.64. The molecule has 2 heterocycles. The molecule has 0 amide bonds. The van der Waals surface area contributed by atoms with Crippen LogP contribution in [0.1, 0.15) is 29.3 Å². The maximum Gasteiger partial charge on any atom is 0.345 e. The van der Waals surface area contributed by atoms with Gasteiger partial charge in [-0.05, 0) is 19.4 Å². The van der Waals surface area contributed by atoms with Gasteiger partial charge in [-0.1, -0.05) is 24.3 Å². The van der Waals surface area contributed by atoms with E-state index in [0.29, 0.717) is 30.4 Å². The summed E-state index contributed by atoms with van der Waals surface area (Å²) in [6.07, 6.45) is 0.893. The van der Waals surface area contributed by atoms with E-state index in [1.54, 1.807) is 11.6 Å². The number of hydrogen-bond acceptors (Lipinski definition) is 4. The van der Waals surface area contributed by atoms with Crippen molar-refractivity contribution in [3.05, 3.63) is 35.4 Å². The van der Waals surface area contributed by atoms with Crippen molar-refractivity contribution in [2.45, 2.75) is 26.8 Å². The number of hydrogen-bond donors (Lipinski definition) is 0. The molecule has 3 rings (SSSR count). The number of carbonyl (C=O) groups is 1. The zero-order chi connectivity index (χ0) is 14.8. The number of aryl methyl sites for hydroxylation is 2. The van der Waals surface area contributed by atoms with Crippen LogP contribution in [0.5, 0.6) is 5.88 Å². The fraction of sp³-hybridized carbons (Fsp3) is 0.375. The quantitative estimate of drug-likeness (QED) is 0.814. The highest BCUT2D eigenvalue weighted by molar-refractivity contribution is 5.99. The first-order valence-corrected chi connectivity index (χ1v) is 7.19. The van der Waals surface area contributed by atoms with Gasteiger partial charge in [-0.2, -0.15) is 5.10 Å². The molecule has 0 unspecified atom stereocenters. The van der Waals surface area contributed by atoms with Crippen molar-refractivity contribution in [2.24, 2.45) is 0 Å². The van der Waals surface area contributed by atoms with E-state index in [2.05, 4.69) is 5.10 Å². The van der Waals surface area contributed by atoms with E-state index >= 15 is 0 Å². The van der Waals surface area contributed by atoms with Gasteiger partial charge in [0.15, 0.2) is 0 Å². The molecule has 5 heteroatoms. The fourth-order valence-electron chi connectivity index (χ4n) is 2.54. The third-order valence-corrected chi connectivity index (χ3v) is 3.54. The molecule has 0 saturated heterocycles. The van der Waals surface area contributed by atoms with E-state index in [0.717, 1.165) is 24.1 Å². The Hall–Kier alpha value is -2.30. The van der Waals surface area contributed by atoms with Gasteiger partial charge < -0.3 is 9.47 Å². The van der Waals surface area contributed by atoms with Crippen LogP contribution in [0.15, 0.2) is 24.3 Å². The van der Waals surface area contributed by atoms with E-state index in [-0.39, 0.29) is 5.97 Å². The highest BCUT2D eigenvalue weighted by atomic mass is 16.5. The molecule has 1 aromatic carbocycles. The summed E-state index contributed by atoms with van der Waals surface area (Å²) in [5.74, 6) is 0.150. The van der Waals surface area contributed by atoms with Crippen LogP contribution in [-0.2, 0) is 11.3 Å². The summed E-state index contributed by atoms with van der Waals surface area (Å²) in [6.45, 7) is 5.49. The third kappa shape index (κ3) is 2.39. The number of aromatic nitrogens is 2. The molecular weight excluding hydrogens is 268 g/mol. The Morgan fingerprint density at radius 1 is 1.43 bits per heavy atom. The van der Waals surface area contributed by atoms with Crippen molar-refractivity contribution in [2.75, 3.05) is 13.2 Å². The predicted molar refractivity (Wildman–Crippen MR) is 78.5 cm³/mol. The number of esters is 1. The van der Waals surface area contributed by atoms with Crippen molar-refractivity contribution in [1.29, 1.82) is 0 Å². The van der Waals surface area contributed by atoms with Gasteiger partial charge in [-0.25, -0.2) is 9.48 Å². The number of rotatable bonds is 3. The molecule has 1 aliphatic heterocycles. The van der Waals surface area contributed by atoms with Crippen LogP contribution >= 0.6 is 0 Å². The average molecular weight is 286 g/mol. The predicted octanol–water partition coefficient (Wildman–Crippen LogP) is 2.82. The normalized spacial score (nSPS) is 13.4. The van der Waals surface area contributed by atoms with Gasteiger partial charge in [0.25, 0.3) is 0 Å². The Morgan fingerprint density at radius 2 is 2.24 bits per heavy atom. The molecule has 21 heavy (non-hydrogen) atoms. The van der Waals surface area contributed by atoms with Crippen molar-refractivity contribution >= 4 is 5.97 Å². The highest BCUT2D eigenvalue weighted by Gasteiger charge is 2.29. The number of ether oxygens (including phenoxy) is 2. The molecule has 110 valence electrons. The van der Waals surface area contributed by atoms with Gasteiger partial charge in [0.2, 0.25) is 5.88 Å². The Labute approximate surface area is 123 Å². The monoisotopic (exact) mass is 286 g/mol. The molecule has 2 aromatic rings.